The number of thiazole rings is 1. The van der Waals surface area contributed by atoms with E-state index in [1.165, 1.54) is 23.5 Å². The van der Waals surface area contributed by atoms with Crippen LogP contribution in [0.1, 0.15) is 16.6 Å². The van der Waals surface area contributed by atoms with Crippen LogP contribution < -0.4 is 5.73 Å². The fourth-order valence-electron chi connectivity index (χ4n) is 2.05. The summed E-state index contributed by atoms with van der Waals surface area (Å²) >= 11 is 1.48. The fourth-order valence-corrected chi connectivity index (χ4v) is 3.00. The standard InChI is InChI=1S/C15H13FN2OS/c16-10-3-6-14-13(8-10)18-15(20-14)12(17)7-9-1-4-11(19)5-2-9/h1-6,8,12,19H,7,17H2. The van der Waals surface area contributed by atoms with Gasteiger partial charge in [-0.3, -0.25) is 0 Å². The van der Waals surface area contributed by atoms with Gasteiger partial charge in [-0.2, -0.15) is 0 Å². The van der Waals surface area contributed by atoms with Gasteiger partial charge in [-0.25, -0.2) is 9.37 Å². The summed E-state index contributed by atoms with van der Waals surface area (Å²) in [6.45, 7) is 0. The molecule has 0 spiro atoms. The molecule has 0 radical (unpaired) electrons. The summed E-state index contributed by atoms with van der Waals surface area (Å²) in [5, 5.41) is 10.0. The molecule has 0 bridgehead atoms. The van der Waals surface area contributed by atoms with Crippen molar-refractivity contribution in [3.63, 3.8) is 0 Å². The van der Waals surface area contributed by atoms with Crippen molar-refractivity contribution < 1.29 is 9.50 Å². The molecule has 1 atom stereocenters. The van der Waals surface area contributed by atoms with Gasteiger partial charge >= 0.3 is 0 Å². The van der Waals surface area contributed by atoms with Crippen LogP contribution in [0.5, 0.6) is 5.75 Å². The third kappa shape index (κ3) is 2.64. The maximum atomic E-state index is 13.1. The first kappa shape index (κ1) is 13.0. The SMILES string of the molecule is NC(Cc1ccc(O)cc1)c1nc2cc(F)ccc2s1. The third-order valence-electron chi connectivity index (χ3n) is 3.08. The van der Waals surface area contributed by atoms with Crippen molar-refractivity contribution in [3.8, 4) is 5.75 Å². The number of aromatic hydroxyl groups is 1. The molecule has 3 N–H and O–H groups in total. The monoisotopic (exact) mass is 288 g/mol. The second-order valence-corrected chi connectivity index (χ2v) is 5.70. The molecule has 3 nitrogen and oxygen atoms in total. The van der Waals surface area contributed by atoms with E-state index in [1.54, 1.807) is 18.2 Å². The number of halogens is 1. The molecule has 0 fully saturated rings. The fraction of sp³-hybridized carbons (Fsp3) is 0.133. The highest BCUT2D eigenvalue weighted by Crippen LogP contribution is 2.27. The molecule has 20 heavy (non-hydrogen) atoms. The molecule has 1 unspecified atom stereocenters. The van der Waals surface area contributed by atoms with Crippen LogP contribution in [0.2, 0.25) is 0 Å². The quantitative estimate of drug-likeness (QED) is 0.776. The lowest BCUT2D eigenvalue weighted by Gasteiger charge is -2.08. The molecule has 0 aliphatic carbocycles. The van der Waals surface area contributed by atoms with Crippen LogP contribution in [0.4, 0.5) is 4.39 Å². The van der Waals surface area contributed by atoms with Gasteiger partial charge in [0.2, 0.25) is 0 Å². The van der Waals surface area contributed by atoms with E-state index in [-0.39, 0.29) is 17.6 Å². The number of aromatic nitrogens is 1. The van der Waals surface area contributed by atoms with E-state index in [1.807, 2.05) is 12.1 Å². The van der Waals surface area contributed by atoms with Crippen molar-refractivity contribution in [2.75, 3.05) is 0 Å². The van der Waals surface area contributed by atoms with Gasteiger partial charge in [0.25, 0.3) is 0 Å². The van der Waals surface area contributed by atoms with Crippen LogP contribution >= 0.6 is 11.3 Å². The van der Waals surface area contributed by atoms with E-state index >= 15 is 0 Å². The highest BCUT2D eigenvalue weighted by Gasteiger charge is 2.13. The summed E-state index contributed by atoms with van der Waals surface area (Å²) in [7, 11) is 0. The van der Waals surface area contributed by atoms with E-state index in [0.29, 0.717) is 11.9 Å². The van der Waals surface area contributed by atoms with Crippen LogP contribution in [-0.4, -0.2) is 10.1 Å². The molecular formula is C15H13FN2OS. The zero-order valence-electron chi connectivity index (χ0n) is 10.6. The van der Waals surface area contributed by atoms with Crippen LogP contribution in [0.25, 0.3) is 10.2 Å². The Bertz CT molecular complexity index is 739. The topological polar surface area (TPSA) is 59.1 Å². The van der Waals surface area contributed by atoms with E-state index < -0.39 is 0 Å². The smallest absolute Gasteiger partial charge is 0.125 e. The molecule has 0 saturated heterocycles. The van der Waals surface area contributed by atoms with Crippen molar-refractivity contribution in [2.24, 2.45) is 5.73 Å². The Morgan fingerprint density at radius 3 is 2.70 bits per heavy atom. The molecule has 5 heteroatoms. The van der Waals surface area contributed by atoms with Gasteiger partial charge in [0.05, 0.1) is 16.3 Å². The minimum atomic E-state index is -0.290. The lowest BCUT2D eigenvalue weighted by molar-refractivity contribution is 0.475. The maximum Gasteiger partial charge on any atom is 0.125 e. The van der Waals surface area contributed by atoms with Crippen molar-refractivity contribution in [3.05, 3.63) is 58.9 Å². The van der Waals surface area contributed by atoms with E-state index in [9.17, 15) is 9.50 Å². The van der Waals surface area contributed by atoms with Gasteiger partial charge < -0.3 is 10.8 Å². The zero-order chi connectivity index (χ0) is 14.1. The van der Waals surface area contributed by atoms with Gasteiger partial charge in [-0.15, -0.1) is 11.3 Å². The number of phenols is 1. The number of nitrogens with two attached hydrogens (primary N) is 1. The number of hydrogen-bond donors (Lipinski definition) is 2. The highest BCUT2D eigenvalue weighted by atomic mass is 32.1. The summed E-state index contributed by atoms with van der Waals surface area (Å²) in [6.07, 6.45) is 0.628. The molecule has 1 heterocycles. The molecule has 0 aliphatic rings. The molecule has 0 aliphatic heterocycles. The summed E-state index contributed by atoms with van der Waals surface area (Å²) in [6, 6.07) is 11.3. The minimum absolute atomic E-state index is 0.234. The molecule has 102 valence electrons. The Morgan fingerprint density at radius 1 is 1.20 bits per heavy atom. The molecular weight excluding hydrogens is 275 g/mol. The van der Waals surface area contributed by atoms with Gasteiger partial charge in [0.15, 0.2) is 0 Å². The lowest BCUT2D eigenvalue weighted by Crippen LogP contribution is -2.12. The van der Waals surface area contributed by atoms with Gasteiger partial charge in [-0.1, -0.05) is 12.1 Å². The number of nitrogens with zero attached hydrogens (tertiary/aromatic N) is 1. The van der Waals surface area contributed by atoms with Crippen molar-refractivity contribution in [1.82, 2.24) is 4.98 Å². The molecule has 1 aromatic heterocycles. The molecule has 3 aromatic rings. The number of fused-ring (bicyclic) bond motifs is 1. The Kier molecular flexibility index (Phi) is 3.38. The van der Waals surface area contributed by atoms with Gasteiger partial charge in [-0.05, 0) is 36.2 Å². The summed E-state index contributed by atoms with van der Waals surface area (Å²) in [5.74, 6) is -0.0563. The first-order chi connectivity index (χ1) is 9.61. The Morgan fingerprint density at radius 2 is 1.95 bits per heavy atom. The van der Waals surface area contributed by atoms with Crippen LogP contribution in [0.15, 0.2) is 42.5 Å². The van der Waals surface area contributed by atoms with Crippen LogP contribution in [0.3, 0.4) is 0 Å². The lowest BCUT2D eigenvalue weighted by atomic mass is 10.1. The average molecular weight is 288 g/mol. The van der Waals surface area contributed by atoms with Gasteiger partial charge in [0.1, 0.15) is 16.6 Å². The third-order valence-corrected chi connectivity index (χ3v) is 4.24. The Balaban J connectivity index is 1.84. The molecule has 3 rings (SSSR count). The van der Waals surface area contributed by atoms with Crippen molar-refractivity contribution >= 4 is 21.6 Å². The Labute approximate surface area is 119 Å². The Hall–Kier alpha value is -1.98. The second-order valence-electron chi connectivity index (χ2n) is 4.64. The van der Waals surface area contributed by atoms with Crippen molar-refractivity contribution in [2.45, 2.75) is 12.5 Å². The van der Waals surface area contributed by atoms with Crippen LogP contribution in [-0.2, 0) is 6.42 Å². The zero-order valence-corrected chi connectivity index (χ0v) is 11.4. The van der Waals surface area contributed by atoms with E-state index in [4.69, 9.17) is 5.73 Å². The predicted octanol–water partition coefficient (Wildman–Crippen LogP) is 3.38. The average Bonchev–Trinajstić information content (AvgIpc) is 2.84. The number of phenolic OH excluding ortho intramolecular Hbond substituents is 1. The second kappa shape index (κ2) is 5.19. The normalized spacial score (nSPS) is 12.7. The van der Waals surface area contributed by atoms with E-state index in [2.05, 4.69) is 4.98 Å². The summed E-state index contributed by atoms with van der Waals surface area (Å²) in [4.78, 5) is 4.39. The predicted molar refractivity (Wildman–Crippen MR) is 78.3 cm³/mol. The molecule has 0 amide bonds. The number of benzene rings is 2. The highest BCUT2D eigenvalue weighted by molar-refractivity contribution is 7.18. The van der Waals surface area contributed by atoms with Crippen LogP contribution in [0, 0.1) is 5.82 Å². The summed E-state index contributed by atoms with van der Waals surface area (Å²) < 4.78 is 14.1. The first-order valence-electron chi connectivity index (χ1n) is 6.21. The number of rotatable bonds is 3. The molecule has 2 aromatic carbocycles. The first-order valence-corrected chi connectivity index (χ1v) is 7.03. The van der Waals surface area contributed by atoms with Crippen molar-refractivity contribution in [1.29, 1.82) is 0 Å². The minimum Gasteiger partial charge on any atom is -0.508 e. The molecule has 0 saturated carbocycles. The maximum absolute atomic E-state index is 13.1. The number of hydrogen-bond acceptors (Lipinski definition) is 4. The largest absolute Gasteiger partial charge is 0.508 e. The van der Waals surface area contributed by atoms with Gasteiger partial charge in [0, 0.05) is 6.07 Å². The summed E-state index contributed by atoms with van der Waals surface area (Å²) in [5.41, 5.74) is 7.83. The van der Waals surface area contributed by atoms with E-state index in [0.717, 1.165) is 15.3 Å².